The molecule has 1 fully saturated rings. The summed E-state index contributed by atoms with van der Waals surface area (Å²) < 4.78 is 14.9. The van der Waals surface area contributed by atoms with E-state index < -0.39 is 5.60 Å². The molecule has 6 nitrogen and oxygen atoms in total. The van der Waals surface area contributed by atoms with Crippen LogP contribution in [0.5, 0.6) is 0 Å². The predicted octanol–water partition coefficient (Wildman–Crippen LogP) is 6.49. The number of nitrogens with one attached hydrogen (secondary N) is 1. The van der Waals surface area contributed by atoms with Gasteiger partial charge in [0.25, 0.3) is 0 Å². The summed E-state index contributed by atoms with van der Waals surface area (Å²) in [5, 5.41) is 14.9. The maximum atomic E-state index is 14.9. The van der Waals surface area contributed by atoms with Gasteiger partial charge in [0.05, 0.1) is 22.3 Å². The van der Waals surface area contributed by atoms with Crippen molar-refractivity contribution in [3.05, 3.63) is 77.2 Å². The maximum Gasteiger partial charge on any atom is 0.159 e. The SMILES string of the molecule is CC(Nc1c(Cl)cnc2ccc(-c3cnc(C(C)(C)O)nc3)cc12)c1cc(N2CCCC2)ccc1F. The highest BCUT2D eigenvalue weighted by molar-refractivity contribution is 6.34. The van der Waals surface area contributed by atoms with Gasteiger partial charge in [0.1, 0.15) is 11.4 Å². The highest BCUT2D eigenvalue weighted by Gasteiger charge is 2.21. The molecule has 36 heavy (non-hydrogen) atoms. The van der Waals surface area contributed by atoms with Crippen molar-refractivity contribution in [2.45, 2.75) is 45.3 Å². The van der Waals surface area contributed by atoms with E-state index in [1.807, 2.05) is 37.3 Å². The zero-order valence-electron chi connectivity index (χ0n) is 20.6. The number of aromatic nitrogens is 3. The predicted molar refractivity (Wildman–Crippen MR) is 143 cm³/mol. The lowest BCUT2D eigenvalue weighted by Crippen LogP contribution is -2.19. The lowest BCUT2D eigenvalue weighted by Gasteiger charge is -2.23. The molecular formula is C28H29ClFN5O. The van der Waals surface area contributed by atoms with Crippen LogP contribution >= 0.6 is 11.6 Å². The van der Waals surface area contributed by atoms with Crippen LogP contribution in [-0.4, -0.2) is 33.1 Å². The Morgan fingerprint density at radius 1 is 1.00 bits per heavy atom. The molecule has 1 atom stereocenters. The number of fused-ring (bicyclic) bond motifs is 1. The lowest BCUT2D eigenvalue weighted by atomic mass is 10.0. The minimum absolute atomic E-state index is 0.253. The Hall–Kier alpha value is -3.29. The van der Waals surface area contributed by atoms with E-state index in [1.165, 1.54) is 0 Å². The van der Waals surface area contributed by atoms with Crippen LogP contribution in [0.1, 0.15) is 51.0 Å². The molecule has 4 aromatic rings. The molecule has 1 saturated heterocycles. The van der Waals surface area contributed by atoms with Crippen LogP contribution in [0.15, 0.2) is 55.0 Å². The monoisotopic (exact) mass is 505 g/mol. The molecule has 1 aliphatic rings. The number of aliphatic hydroxyl groups is 1. The fourth-order valence-electron chi connectivity index (χ4n) is 4.62. The highest BCUT2D eigenvalue weighted by Crippen LogP contribution is 2.36. The van der Waals surface area contributed by atoms with Gasteiger partial charge < -0.3 is 15.3 Å². The van der Waals surface area contributed by atoms with E-state index in [-0.39, 0.29) is 11.9 Å². The Morgan fingerprint density at radius 3 is 2.42 bits per heavy atom. The molecule has 186 valence electrons. The van der Waals surface area contributed by atoms with Gasteiger partial charge in [0.15, 0.2) is 5.82 Å². The molecule has 0 saturated carbocycles. The van der Waals surface area contributed by atoms with Crippen molar-refractivity contribution in [3.8, 4) is 11.1 Å². The summed E-state index contributed by atoms with van der Waals surface area (Å²) in [6.07, 6.45) is 7.31. The molecule has 2 N–H and O–H groups in total. The summed E-state index contributed by atoms with van der Waals surface area (Å²) in [4.78, 5) is 15.4. The third-order valence-electron chi connectivity index (χ3n) is 6.63. The number of pyridine rings is 1. The summed E-state index contributed by atoms with van der Waals surface area (Å²) >= 11 is 6.60. The minimum Gasteiger partial charge on any atom is -0.382 e. The molecule has 0 bridgehead atoms. The van der Waals surface area contributed by atoms with Crippen molar-refractivity contribution in [3.63, 3.8) is 0 Å². The van der Waals surface area contributed by atoms with Gasteiger partial charge in [-0.1, -0.05) is 17.7 Å². The van der Waals surface area contributed by atoms with Gasteiger partial charge in [0, 0.05) is 53.9 Å². The molecule has 2 aromatic carbocycles. The number of hydrogen-bond donors (Lipinski definition) is 2. The van der Waals surface area contributed by atoms with Crippen LogP contribution in [0.2, 0.25) is 5.02 Å². The van der Waals surface area contributed by atoms with E-state index in [4.69, 9.17) is 11.6 Å². The smallest absolute Gasteiger partial charge is 0.159 e. The van der Waals surface area contributed by atoms with Crippen LogP contribution in [0.4, 0.5) is 15.8 Å². The number of anilines is 2. The third-order valence-corrected chi connectivity index (χ3v) is 6.92. The average Bonchev–Trinajstić information content (AvgIpc) is 3.40. The second-order valence-corrected chi connectivity index (χ2v) is 10.2. The molecule has 5 rings (SSSR count). The molecule has 0 aliphatic carbocycles. The Morgan fingerprint density at radius 2 is 1.72 bits per heavy atom. The largest absolute Gasteiger partial charge is 0.382 e. The zero-order valence-corrected chi connectivity index (χ0v) is 21.3. The Bertz CT molecular complexity index is 1400. The number of hydrogen-bond acceptors (Lipinski definition) is 6. The van der Waals surface area contributed by atoms with Crippen molar-refractivity contribution in [2.75, 3.05) is 23.3 Å². The first-order valence-electron chi connectivity index (χ1n) is 12.1. The van der Waals surface area contributed by atoms with Crippen LogP contribution < -0.4 is 10.2 Å². The first kappa shape index (κ1) is 24.4. The highest BCUT2D eigenvalue weighted by atomic mass is 35.5. The lowest BCUT2D eigenvalue weighted by molar-refractivity contribution is 0.0687. The summed E-state index contributed by atoms with van der Waals surface area (Å²) in [7, 11) is 0. The van der Waals surface area contributed by atoms with E-state index in [9.17, 15) is 9.50 Å². The second kappa shape index (κ2) is 9.64. The first-order valence-corrected chi connectivity index (χ1v) is 12.5. The van der Waals surface area contributed by atoms with E-state index in [0.717, 1.165) is 53.6 Å². The minimum atomic E-state index is -1.12. The quantitative estimate of drug-likeness (QED) is 0.312. The molecular weight excluding hydrogens is 477 g/mol. The molecule has 0 amide bonds. The number of nitrogens with zero attached hydrogens (tertiary/aromatic N) is 4. The average molecular weight is 506 g/mol. The van der Waals surface area contributed by atoms with E-state index in [2.05, 4.69) is 25.2 Å². The Labute approximate surface area is 215 Å². The standard InChI is InChI=1S/C28H29ClFN5O/c1-17(21-13-20(7-8-24(21)30)35-10-4-5-11-35)34-26-22-12-18(6-9-25(22)31-16-23(26)29)19-14-32-27(33-15-19)28(2,3)36/h6-9,12-17,36H,4-5,10-11H2,1-3H3,(H,31,34). The van der Waals surface area contributed by atoms with Gasteiger partial charge in [-0.25, -0.2) is 14.4 Å². The second-order valence-electron chi connectivity index (χ2n) is 9.83. The van der Waals surface area contributed by atoms with Gasteiger partial charge in [-0.3, -0.25) is 4.98 Å². The molecule has 1 unspecified atom stereocenters. The summed E-state index contributed by atoms with van der Waals surface area (Å²) in [5.41, 5.74) is 3.65. The first-order chi connectivity index (χ1) is 17.2. The van der Waals surface area contributed by atoms with Gasteiger partial charge in [-0.05, 0) is 69.5 Å². The maximum absolute atomic E-state index is 14.9. The fourth-order valence-corrected chi connectivity index (χ4v) is 4.82. The molecule has 1 aliphatic heterocycles. The van der Waals surface area contributed by atoms with Crippen LogP contribution in [0, 0.1) is 5.82 Å². The van der Waals surface area contributed by atoms with Crippen LogP contribution in [0.25, 0.3) is 22.0 Å². The van der Waals surface area contributed by atoms with Crippen LogP contribution in [-0.2, 0) is 5.60 Å². The van der Waals surface area contributed by atoms with Crippen molar-refractivity contribution in [1.82, 2.24) is 15.0 Å². The summed E-state index contributed by atoms with van der Waals surface area (Å²) in [6, 6.07) is 10.8. The molecule has 2 aromatic heterocycles. The molecule has 3 heterocycles. The third kappa shape index (κ3) is 4.86. The van der Waals surface area contributed by atoms with Gasteiger partial charge in [-0.15, -0.1) is 0 Å². The van der Waals surface area contributed by atoms with E-state index >= 15 is 0 Å². The van der Waals surface area contributed by atoms with Crippen LogP contribution in [0.3, 0.4) is 0 Å². The van der Waals surface area contributed by atoms with Crippen molar-refractivity contribution >= 4 is 33.9 Å². The fraction of sp³-hybridized carbons (Fsp3) is 0.321. The van der Waals surface area contributed by atoms with Crippen molar-refractivity contribution in [1.29, 1.82) is 0 Å². The molecule has 0 radical (unpaired) electrons. The van der Waals surface area contributed by atoms with E-state index in [0.29, 0.717) is 22.1 Å². The number of halogens is 2. The van der Waals surface area contributed by atoms with Crippen molar-refractivity contribution < 1.29 is 9.50 Å². The van der Waals surface area contributed by atoms with Gasteiger partial charge in [-0.2, -0.15) is 0 Å². The van der Waals surface area contributed by atoms with E-state index in [1.54, 1.807) is 38.5 Å². The molecule has 0 spiro atoms. The van der Waals surface area contributed by atoms with Crippen molar-refractivity contribution in [2.24, 2.45) is 0 Å². The van der Waals surface area contributed by atoms with Gasteiger partial charge in [0.2, 0.25) is 0 Å². The zero-order chi connectivity index (χ0) is 25.4. The number of rotatable bonds is 6. The Kier molecular flexibility index (Phi) is 6.53. The topological polar surface area (TPSA) is 74.2 Å². The summed E-state index contributed by atoms with van der Waals surface area (Å²) in [5.74, 6) is 0.100. The number of benzene rings is 2. The summed E-state index contributed by atoms with van der Waals surface area (Å²) in [6.45, 7) is 7.22. The normalized spacial score (nSPS) is 14.9. The Balaban J connectivity index is 1.49. The van der Waals surface area contributed by atoms with Gasteiger partial charge >= 0.3 is 0 Å². The molecule has 8 heteroatoms.